The van der Waals surface area contributed by atoms with Crippen molar-refractivity contribution in [2.75, 3.05) is 0 Å². The number of aromatic nitrogens is 2. The second-order valence-corrected chi connectivity index (χ2v) is 5.85. The number of nitrogens with zero attached hydrogens (tertiary/aromatic N) is 1. The van der Waals surface area contributed by atoms with Crippen molar-refractivity contribution in [2.45, 2.75) is 10.6 Å². The Morgan fingerprint density at radius 3 is 2.86 bits per heavy atom. The quantitative estimate of drug-likeness (QED) is 0.742. The first kappa shape index (κ1) is 14.1. The molecule has 0 aliphatic carbocycles. The summed E-state index contributed by atoms with van der Waals surface area (Å²) < 4.78 is 13.5. The van der Waals surface area contributed by atoms with Gasteiger partial charge in [0.05, 0.1) is 16.7 Å². The highest BCUT2D eigenvalue weighted by molar-refractivity contribution is 7.98. The second-order valence-electron chi connectivity index (χ2n) is 4.39. The van der Waals surface area contributed by atoms with Crippen molar-refractivity contribution in [3.05, 3.63) is 69.5 Å². The molecule has 1 N–H and O–H groups in total. The van der Waals surface area contributed by atoms with Gasteiger partial charge in [-0.1, -0.05) is 23.7 Å². The maximum absolute atomic E-state index is 13.5. The van der Waals surface area contributed by atoms with Crippen LogP contribution in [0.25, 0.3) is 10.9 Å². The predicted molar refractivity (Wildman–Crippen MR) is 83.3 cm³/mol. The summed E-state index contributed by atoms with van der Waals surface area (Å²) >= 11 is 7.19. The molecule has 21 heavy (non-hydrogen) atoms. The Kier molecular flexibility index (Phi) is 3.94. The van der Waals surface area contributed by atoms with Crippen molar-refractivity contribution < 1.29 is 4.39 Å². The molecule has 0 amide bonds. The van der Waals surface area contributed by atoms with Crippen molar-refractivity contribution in [3.63, 3.8) is 0 Å². The fraction of sp³-hybridized carbons (Fsp3) is 0.0667. The molecule has 0 bridgehead atoms. The monoisotopic (exact) mass is 320 g/mol. The lowest BCUT2D eigenvalue weighted by Gasteiger charge is -2.04. The summed E-state index contributed by atoms with van der Waals surface area (Å²) in [6.45, 7) is 0. The molecule has 3 rings (SSSR count). The van der Waals surface area contributed by atoms with Gasteiger partial charge in [-0.05, 0) is 30.3 Å². The maximum atomic E-state index is 13.5. The molecule has 2 aromatic carbocycles. The van der Waals surface area contributed by atoms with Crippen molar-refractivity contribution >= 4 is 34.3 Å². The first-order valence-electron chi connectivity index (χ1n) is 6.19. The van der Waals surface area contributed by atoms with Crippen molar-refractivity contribution in [3.8, 4) is 0 Å². The molecule has 106 valence electrons. The number of halogens is 2. The van der Waals surface area contributed by atoms with Crippen LogP contribution >= 0.6 is 23.4 Å². The predicted octanol–water partition coefficient (Wildman–Crippen LogP) is 4.01. The third-order valence-corrected chi connectivity index (χ3v) is 4.21. The highest BCUT2D eigenvalue weighted by Crippen LogP contribution is 2.24. The van der Waals surface area contributed by atoms with Crippen LogP contribution in [0.3, 0.4) is 0 Å². The van der Waals surface area contributed by atoms with Crippen LogP contribution in [0.2, 0.25) is 5.02 Å². The molecule has 6 heteroatoms. The number of hydrogen-bond acceptors (Lipinski definition) is 3. The van der Waals surface area contributed by atoms with Gasteiger partial charge in [-0.2, -0.15) is 0 Å². The summed E-state index contributed by atoms with van der Waals surface area (Å²) in [5.74, 6) is 0.579. The van der Waals surface area contributed by atoms with Gasteiger partial charge in [-0.25, -0.2) is 9.37 Å². The van der Waals surface area contributed by atoms with E-state index in [-0.39, 0.29) is 11.4 Å². The molecule has 0 atom stereocenters. The van der Waals surface area contributed by atoms with Crippen LogP contribution in [0, 0.1) is 5.82 Å². The van der Waals surface area contributed by atoms with E-state index in [2.05, 4.69) is 9.97 Å². The van der Waals surface area contributed by atoms with Crippen molar-refractivity contribution in [2.24, 2.45) is 0 Å². The van der Waals surface area contributed by atoms with E-state index >= 15 is 0 Å². The van der Waals surface area contributed by atoms with Crippen molar-refractivity contribution in [1.82, 2.24) is 9.97 Å². The van der Waals surface area contributed by atoms with Crippen LogP contribution < -0.4 is 5.56 Å². The topological polar surface area (TPSA) is 45.8 Å². The SMILES string of the molecule is O=c1[nH]c(CSc2ccccc2F)nc2cc(Cl)ccc12. The van der Waals surface area contributed by atoms with E-state index in [1.165, 1.54) is 17.8 Å². The lowest BCUT2D eigenvalue weighted by molar-refractivity contribution is 0.602. The molecule has 0 spiro atoms. The van der Waals surface area contributed by atoms with E-state index in [0.29, 0.717) is 32.4 Å². The normalized spacial score (nSPS) is 11.0. The zero-order valence-corrected chi connectivity index (χ0v) is 12.3. The molecule has 0 unspecified atom stereocenters. The molecule has 1 heterocycles. The van der Waals surface area contributed by atoms with Gasteiger partial charge in [0.25, 0.3) is 5.56 Å². The smallest absolute Gasteiger partial charge is 0.258 e. The summed E-state index contributed by atoms with van der Waals surface area (Å²) in [6, 6.07) is 11.4. The average Bonchev–Trinajstić information content (AvgIpc) is 2.46. The summed E-state index contributed by atoms with van der Waals surface area (Å²) in [5, 5.41) is 1.01. The van der Waals surface area contributed by atoms with Crippen LogP contribution in [0.5, 0.6) is 0 Å². The minimum Gasteiger partial charge on any atom is -0.309 e. The molecule has 1 aromatic heterocycles. The van der Waals surface area contributed by atoms with E-state index in [1.807, 2.05) is 0 Å². The van der Waals surface area contributed by atoms with E-state index in [9.17, 15) is 9.18 Å². The number of benzene rings is 2. The Hall–Kier alpha value is -1.85. The first-order valence-corrected chi connectivity index (χ1v) is 7.55. The second kappa shape index (κ2) is 5.87. The van der Waals surface area contributed by atoms with E-state index in [4.69, 9.17) is 11.6 Å². The van der Waals surface area contributed by atoms with Gasteiger partial charge in [-0.15, -0.1) is 11.8 Å². The molecule has 0 fully saturated rings. The number of nitrogens with one attached hydrogen (secondary N) is 1. The summed E-state index contributed by atoms with van der Waals surface area (Å²) in [6.07, 6.45) is 0. The van der Waals surface area contributed by atoms with Gasteiger partial charge in [0.2, 0.25) is 0 Å². The van der Waals surface area contributed by atoms with Crippen molar-refractivity contribution in [1.29, 1.82) is 0 Å². The highest BCUT2D eigenvalue weighted by Gasteiger charge is 2.07. The zero-order chi connectivity index (χ0) is 14.8. The van der Waals surface area contributed by atoms with Gasteiger partial charge in [-0.3, -0.25) is 4.79 Å². The van der Waals surface area contributed by atoms with Gasteiger partial charge >= 0.3 is 0 Å². The fourth-order valence-electron chi connectivity index (χ4n) is 1.94. The Morgan fingerprint density at radius 2 is 2.05 bits per heavy atom. The lowest BCUT2D eigenvalue weighted by atomic mass is 10.2. The molecule has 3 aromatic rings. The lowest BCUT2D eigenvalue weighted by Crippen LogP contribution is -2.11. The maximum Gasteiger partial charge on any atom is 0.258 e. The van der Waals surface area contributed by atoms with Crippen LogP contribution in [0.4, 0.5) is 4.39 Å². The minimum atomic E-state index is -0.284. The third-order valence-electron chi connectivity index (χ3n) is 2.92. The van der Waals surface area contributed by atoms with Gasteiger partial charge in [0, 0.05) is 9.92 Å². The van der Waals surface area contributed by atoms with E-state index < -0.39 is 0 Å². The van der Waals surface area contributed by atoms with E-state index in [0.717, 1.165) is 0 Å². The molecule has 3 nitrogen and oxygen atoms in total. The summed E-state index contributed by atoms with van der Waals surface area (Å²) in [5.41, 5.74) is 0.316. The molecule has 0 aliphatic heterocycles. The standard InChI is InChI=1S/C15H10ClFN2OS/c16-9-5-6-10-12(7-9)18-14(19-15(10)20)8-21-13-4-2-1-3-11(13)17/h1-7H,8H2,(H,18,19,20). The Labute approximate surface area is 129 Å². The fourth-order valence-corrected chi connectivity index (χ4v) is 2.91. The molecule has 0 aliphatic rings. The Balaban J connectivity index is 1.91. The van der Waals surface area contributed by atoms with Crippen LogP contribution in [0.1, 0.15) is 5.82 Å². The third kappa shape index (κ3) is 3.09. The first-order chi connectivity index (χ1) is 10.1. The van der Waals surface area contributed by atoms with Crippen LogP contribution in [-0.2, 0) is 5.75 Å². The summed E-state index contributed by atoms with van der Waals surface area (Å²) in [4.78, 5) is 19.6. The number of aromatic amines is 1. The number of fused-ring (bicyclic) bond motifs is 1. The molecule has 0 saturated carbocycles. The summed E-state index contributed by atoms with van der Waals surface area (Å²) in [7, 11) is 0. The highest BCUT2D eigenvalue weighted by atomic mass is 35.5. The molecular formula is C15H10ClFN2OS. The number of thioether (sulfide) groups is 1. The van der Waals surface area contributed by atoms with E-state index in [1.54, 1.807) is 36.4 Å². The zero-order valence-electron chi connectivity index (χ0n) is 10.8. The largest absolute Gasteiger partial charge is 0.309 e. The van der Waals surface area contributed by atoms with Gasteiger partial charge in [0.1, 0.15) is 11.6 Å². The Bertz CT molecular complexity index is 866. The van der Waals surface area contributed by atoms with Gasteiger partial charge < -0.3 is 4.98 Å². The molecule has 0 radical (unpaired) electrons. The number of hydrogen-bond donors (Lipinski definition) is 1. The molecular weight excluding hydrogens is 311 g/mol. The van der Waals surface area contributed by atoms with Gasteiger partial charge in [0.15, 0.2) is 0 Å². The average molecular weight is 321 g/mol. The number of rotatable bonds is 3. The molecule has 0 saturated heterocycles. The number of H-pyrrole nitrogens is 1. The minimum absolute atomic E-state index is 0.221. The van der Waals surface area contributed by atoms with Crippen LogP contribution in [-0.4, -0.2) is 9.97 Å². The Morgan fingerprint density at radius 1 is 1.24 bits per heavy atom. The van der Waals surface area contributed by atoms with Crippen LogP contribution in [0.15, 0.2) is 52.2 Å².